The molecule has 0 amide bonds. The van der Waals surface area contributed by atoms with Crippen molar-refractivity contribution in [3.8, 4) is 0 Å². The molecule has 1 fully saturated rings. The van der Waals surface area contributed by atoms with Crippen LogP contribution in [0.4, 0.5) is 0 Å². The van der Waals surface area contributed by atoms with Crippen LogP contribution in [0, 0.1) is 0 Å². The summed E-state index contributed by atoms with van der Waals surface area (Å²) in [7, 11) is 0. The van der Waals surface area contributed by atoms with Crippen LogP contribution in [-0.4, -0.2) is 24.7 Å². The summed E-state index contributed by atoms with van der Waals surface area (Å²) in [6.45, 7) is 2.36. The van der Waals surface area contributed by atoms with Crippen molar-refractivity contribution in [2.45, 2.75) is 6.04 Å². The average Bonchev–Trinajstić information content (AvgIpc) is 2.58. The van der Waals surface area contributed by atoms with E-state index in [-0.39, 0.29) is 6.04 Å². The van der Waals surface area contributed by atoms with Gasteiger partial charge in [-0.2, -0.15) is 0 Å². The van der Waals surface area contributed by atoms with E-state index in [1.54, 1.807) is 6.26 Å². The largest absolute Gasteiger partial charge is 0.451 e. The van der Waals surface area contributed by atoms with Gasteiger partial charge < -0.3 is 14.5 Å². The number of nitrogens with one attached hydrogen (secondary N) is 1. The first kappa shape index (κ1) is 6.82. The van der Waals surface area contributed by atoms with E-state index in [1.165, 1.54) is 6.39 Å². The summed E-state index contributed by atoms with van der Waals surface area (Å²) < 4.78 is 10.1. The Bertz CT molecular complexity index is 204. The van der Waals surface area contributed by atoms with Crippen molar-refractivity contribution in [1.82, 2.24) is 10.3 Å². The molecule has 1 aliphatic heterocycles. The maximum atomic E-state index is 5.26. The second-order valence-electron chi connectivity index (χ2n) is 2.49. The smallest absolute Gasteiger partial charge is 0.180 e. The first-order valence-electron chi connectivity index (χ1n) is 3.66. The second-order valence-corrected chi connectivity index (χ2v) is 2.49. The van der Waals surface area contributed by atoms with Gasteiger partial charge in [-0.05, 0) is 0 Å². The van der Waals surface area contributed by atoms with E-state index in [0.29, 0.717) is 6.61 Å². The second kappa shape index (κ2) is 3.02. The molecule has 1 N–H and O–H groups in total. The molecule has 1 aromatic heterocycles. The molecule has 2 rings (SSSR count). The molecule has 0 radical (unpaired) electrons. The molecule has 1 aromatic rings. The fourth-order valence-electron chi connectivity index (χ4n) is 1.15. The highest BCUT2D eigenvalue weighted by Crippen LogP contribution is 2.12. The van der Waals surface area contributed by atoms with E-state index in [2.05, 4.69) is 10.3 Å². The number of hydrogen-bond donors (Lipinski definition) is 1. The molecule has 0 saturated carbocycles. The van der Waals surface area contributed by atoms with Gasteiger partial charge in [-0.3, -0.25) is 0 Å². The number of aromatic nitrogens is 1. The lowest BCUT2D eigenvalue weighted by atomic mass is 10.2. The first-order valence-corrected chi connectivity index (χ1v) is 3.66. The lowest BCUT2D eigenvalue weighted by Gasteiger charge is -2.21. The van der Waals surface area contributed by atoms with Gasteiger partial charge in [0.05, 0.1) is 24.9 Å². The first-order chi connectivity index (χ1) is 5.47. The van der Waals surface area contributed by atoms with Gasteiger partial charge in [0.15, 0.2) is 6.39 Å². The summed E-state index contributed by atoms with van der Waals surface area (Å²) in [6.07, 6.45) is 3.08. The third kappa shape index (κ3) is 1.41. The summed E-state index contributed by atoms with van der Waals surface area (Å²) >= 11 is 0. The summed E-state index contributed by atoms with van der Waals surface area (Å²) in [5.74, 6) is 0. The molecular weight excluding hydrogens is 144 g/mol. The SMILES string of the molecule is c1nc(C2COCCN2)co1. The van der Waals surface area contributed by atoms with Crippen LogP contribution in [0.5, 0.6) is 0 Å². The maximum absolute atomic E-state index is 5.26. The Morgan fingerprint density at radius 2 is 2.64 bits per heavy atom. The van der Waals surface area contributed by atoms with E-state index in [4.69, 9.17) is 9.15 Å². The lowest BCUT2D eigenvalue weighted by Crippen LogP contribution is -2.34. The van der Waals surface area contributed by atoms with Crippen molar-refractivity contribution >= 4 is 0 Å². The van der Waals surface area contributed by atoms with Crippen molar-refractivity contribution in [1.29, 1.82) is 0 Å². The Balaban J connectivity index is 2.04. The standard InChI is InChI=1S/C7H10N2O2/c1-2-10-3-6(8-1)7-4-11-5-9-7/h4-6,8H,1-3H2. The van der Waals surface area contributed by atoms with Crippen molar-refractivity contribution in [3.63, 3.8) is 0 Å². The zero-order valence-electron chi connectivity index (χ0n) is 6.12. The molecule has 60 valence electrons. The van der Waals surface area contributed by atoms with Crippen molar-refractivity contribution < 1.29 is 9.15 Å². The van der Waals surface area contributed by atoms with Gasteiger partial charge in [0.25, 0.3) is 0 Å². The van der Waals surface area contributed by atoms with E-state index < -0.39 is 0 Å². The zero-order valence-corrected chi connectivity index (χ0v) is 6.12. The summed E-state index contributed by atoms with van der Waals surface area (Å²) in [6, 6.07) is 0.211. The van der Waals surface area contributed by atoms with Crippen LogP contribution in [0.25, 0.3) is 0 Å². The van der Waals surface area contributed by atoms with Crippen LogP contribution < -0.4 is 5.32 Å². The van der Waals surface area contributed by atoms with Gasteiger partial charge in [0, 0.05) is 6.54 Å². The predicted octanol–water partition coefficient (Wildman–Crippen LogP) is 0.335. The molecule has 4 nitrogen and oxygen atoms in total. The van der Waals surface area contributed by atoms with Crippen molar-refractivity contribution in [2.75, 3.05) is 19.8 Å². The van der Waals surface area contributed by atoms with Crippen LogP contribution >= 0.6 is 0 Å². The van der Waals surface area contributed by atoms with Crippen LogP contribution in [-0.2, 0) is 4.74 Å². The summed E-state index contributed by atoms with van der Waals surface area (Å²) in [5, 5.41) is 3.27. The molecule has 11 heavy (non-hydrogen) atoms. The van der Waals surface area contributed by atoms with Gasteiger partial charge in [0.1, 0.15) is 6.26 Å². The van der Waals surface area contributed by atoms with E-state index in [9.17, 15) is 0 Å². The highest BCUT2D eigenvalue weighted by molar-refractivity contribution is 5.00. The van der Waals surface area contributed by atoms with Crippen molar-refractivity contribution in [3.05, 3.63) is 18.4 Å². The molecule has 4 heteroatoms. The maximum Gasteiger partial charge on any atom is 0.180 e. The Hall–Kier alpha value is -0.870. The number of hydrogen-bond acceptors (Lipinski definition) is 4. The van der Waals surface area contributed by atoms with Crippen LogP contribution in [0.1, 0.15) is 11.7 Å². The average molecular weight is 154 g/mol. The monoisotopic (exact) mass is 154 g/mol. The molecular formula is C7H10N2O2. The third-order valence-corrected chi connectivity index (χ3v) is 1.73. The molecule has 0 spiro atoms. The number of ether oxygens (including phenoxy) is 1. The molecule has 0 aliphatic carbocycles. The van der Waals surface area contributed by atoms with E-state index in [0.717, 1.165) is 18.8 Å². The topological polar surface area (TPSA) is 47.3 Å². The minimum Gasteiger partial charge on any atom is -0.451 e. The van der Waals surface area contributed by atoms with Gasteiger partial charge in [-0.1, -0.05) is 0 Å². The summed E-state index contributed by atoms with van der Waals surface area (Å²) in [5.41, 5.74) is 0.921. The highest BCUT2D eigenvalue weighted by atomic mass is 16.5. The van der Waals surface area contributed by atoms with Crippen LogP contribution in [0.2, 0.25) is 0 Å². The quantitative estimate of drug-likeness (QED) is 0.633. The lowest BCUT2D eigenvalue weighted by molar-refractivity contribution is 0.0756. The fourth-order valence-corrected chi connectivity index (χ4v) is 1.15. The number of rotatable bonds is 1. The Labute approximate surface area is 64.6 Å². The Morgan fingerprint density at radius 3 is 3.27 bits per heavy atom. The van der Waals surface area contributed by atoms with Gasteiger partial charge >= 0.3 is 0 Å². The molecule has 0 bridgehead atoms. The van der Waals surface area contributed by atoms with Gasteiger partial charge in [0.2, 0.25) is 0 Å². The van der Waals surface area contributed by atoms with Crippen LogP contribution in [0.15, 0.2) is 17.1 Å². The van der Waals surface area contributed by atoms with Crippen molar-refractivity contribution in [2.24, 2.45) is 0 Å². The molecule has 1 atom stereocenters. The molecule has 1 unspecified atom stereocenters. The highest BCUT2D eigenvalue weighted by Gasteiger charge is 2.16. The molecule has 1 aliphatic rings. The number of nitrogens with zero attached hydrogens (tertiary/aromatic N) is 1. The minimum absolute atomic E-state index is 0.211. The van der Waals surface area contributed by atoms with Crippen LogP contribution in [0.3, 0.4) is 0 Å². The van der Waals surface area contributed by atoms with Gasteiger partial charge in [-0.25, -0.2) is 4.98 Å². The normalized spacial score (nSPS) is 25.3. The van der Waals surface area contributed by atoms with E-state index >= 15 is 0 Å². The third-order valence-electron chi connectivity index (χ3n) is 1.73. The summed E-state index contributed by atoms with van der Waals surface area (Å²) in [4.78, 5) is 4.03. The van der Waals surface area contributed by atoms with E-state index in [1.807, 2.05) is 0 Å². The molecule has 0 aromatic carbocycles. The number of oxazole rings is 1. The van der Waals surface area contributed by atoms with Gasteiger partial charge in [-0.15, -0.1) is 0 Å². The zero-order chi connectivity index (χ0) is 7.52. The Morgan fingerprint density at radius 1 is 1.64 bits per heavy atom. The number of morpholine rings is 1. The fraction of sp³-hybridized carbons (Fsp3) is 0.571. The predicted molar refractivity (Wildman–Crippen MR) is 38.1 cm³/mol. The molecule has 2 heterocycles. The Kier molecular flexibility index (Phi) is 1.87. The minimum atomic E-state index is 0.211. The molecule has 1 saturated heterocycles.